The van der Waals surface area contributed by atoms with Gasteiger partial charge in [0, 0.05) is 5.69 Å². The highest BCUT2D eigenvalue weighted by atomic mass is 35.5. The Balaban J connectivity index is 0.00000338. The van der Waals surface area contributed by atoms with Crippen LogP contribution in [0, 0.1) is 5.92 Å². The normalized spacial score (nSPS) is 17.4. The Labute approximate surface area is 165 Å². The number of amides is 1. The minimum absolute atomic E-state index is 0. The van der Waals surface area contributed by atoms with E-state index in [9.17, 15) is 4.79 Å². The van der Waals surface area contributed by atoms with Crippen LogP contribution in [0.4, 0.5) is 5.69 Å². The minimum atomic E-state index is -0.0763. The van der Waals surface area contributed by atoms with E-state index in [0.717, 1.165) is 31.2 Å². The fourth-order valence-electron chi connectivity index (χ4n) is 3.44. The Bertz CT molecular complexity index is 545. The van der Waals surface area contributed by atoms with Crippen LogP contribution in [0.25, 0.3) is 0 Å². The smallest absolute Gasteiger partial charge is 0.241 e. The highest BCUT2D eigenvalue weighted by Crippen LogP contribution is 2.24. The van der Waals surface area contributed by atoms with Crippen LogP contribution in [0.2, 0.25) is 0 Å². The van der Waals surface area contributed by atoms with Gasteiger partial charge in [-0.15, -0.1) is 12.4 Å². The van der Waals surface area contributed by atoms with Gasteiger partial charge in [0.25, 0.3) is 0 Å². The molecule has 1 saturated heterocycles. The first-order valence-corrected chi connectivity index (χ1v) is 9.61. The molecule has 0 aliphatic carbocycles. The summed E-state index contributed by atoms with van der Waals surface area (Å²) in [6.45, 7) is 11.7. The van der Waals surface area contributed by atoms with Gasteiger partial charge < -0.3 is 10.6 Å². The Morgan fingerprint density at radius 2 is 1.77 bits per heavy atom. The maximum absolute atomic E-state index is 12.6. The van der Waals surface area contributed by atoms with E-state index in [4.69, 9.17) is 0 Å². The quantitative estimate of drug-likeness (QED) is 0.781. The van der Waals surface area contributed by atoms with Gasteiger partial charge in [-0.1, -0.05) is 32.9 Å². The molecule has 2 N–H and O–H groups in total. The van der Waals surface area contributed by atoms with Crippen molar-refractivity contribution in [1.82, 2.24) is 10.2 Å². The topological polar surface area (TPSA) is 44.4 Å². The molecule has 1 heterocycles. The molecule has 26 heavy (non-hydrogen) atoms. The van der Waals surface area contributed by atoms with E-state index in [0.29, 0.717) is 0 Å². The average molecular weight is 382 g/mol. The Morgan fingerprint density at radius 3 is 2.27 bits per heavy atom. The third-order valence-electron chi connectivity index (χ3n) is 5.40. The summed E-state index contributed by atoms with van der Waals surface area (Å²) in [7, 11) is 2.01. The largest absolute Gasteiger partial charge is 0.325 e. The first-order valence-electron chi connectivity index (χ1n) is 9.61. The van der Waals surface area contributed by atoms with Gasteiger partial charge in [0.15, 0.2) is 0 Å². The van der Waals surface area contributed by atoms with Gasteiger partial charge >= 0.3 is 0 Å². The van der Waals surface area contributed by atoms with Gasteiger partial charge in [-0.3, -0.25) is 9.69 Å². The van der Waals surface area contributed by atoms with Gasteiger partial charge in [0.2, 0.25) is 5.91 Å². The first kappa shape index (κ1) is 22.9. The summed E-state index contributed by atoms with van der Waals surface area (Å²) in [5.41, 5.74) is 2.30. The van der Waals surface area contributed by atoms with E-state index in [2.05, 4.69) is 48.4 Å². The van der Waals surface area contributed by atoms with Crippen molar-refractivity contribution in [3.05, 3.63) is 29.8 Å². The molecule has 2 rings (SSSR count). The molecular formula is C21H36ClN3O. The molecule has 1 aromatic carbocycles. The van der Waals surface area contributed by atoms with E-state index < -0.39 is 0 Å². The van der Waals surface area contributed by atoms with Crippen LogP contribution in [0.3, 0.4) is 0 Å². The summed E-state index contributed by atoms with van der Waals surface area (Å²) < 4.78 is 0. The maximum atomic E-state index is 12.6. The molecule has 0 saturated carbocycles. The molecule has 1 amide bonds. The molecule has 1 unspecified atom stereocenters. The number of hydrogen-bond acceptors (Lipinski definition) is 3. The fourth-order valence-corrected chi connectivity index (χ4v) is 3.44. The Kier molecular flexibility index (Phi) is 9.08. The highest BCUT2D eigenvalue weighted by Gasteiger charge is 2.26. The summed E-state index contributed by atoms with van der Waals surface area (Å²) in [5, 5.41) is 6.30. The van der Waals surface area contributed by atoms with Crippen molar-refractivity contribution in [3.8, 4) is 0 Å². The molecule has 1 aromatic rings. The number of halogens is 1. The van der Waals surface area contributed by atoms with Crippen molar-refractivity contribution in [2.45, 2.75) is 58.4 Å². The predicted molar refractivity (Wildman–Crippen MR) is 113 cm³/mol. The third-order valence-corrected chi connectivity index (χ3v) is 5.40. The fraction of sp³-hybridized carbons (Fsp3) is 0.667. The molecule has 1 aliphatic heterocycles. The summed E-state index contributed by atoms with van der Waals surface area (Å²) in [4.78, 5) is 14.9. The van der Waals surface area contributed by atoms with Crippen LogP contribution in [0.1, 0.15) is 52.5 Å². The molecule has 148 valence electrons. The molecule has 1 aliphatic rings. The average Bonchev–Trinajstić information content (AvgIpc) is 2.59. The molecule has 0 bridgehead atoms. The van der Waals surface area contributed by atoms with E-state index in [1.54, 1.807) is 0 Å². The number of benzene rings is 1. The van der Waals surface area contributed by atoms with E-state index in [1.807, 2.05) is 26.1 Å². The van der Waals surface area contributed by atoms with Gasteiger partial charge in [0.05, 0.1) is 6.04 Å². The van der Waals surface area contributed by atoms with Crippen LogP contribution in [-0.4, -0.2) is 43.5 Å². The van der Waals surface area contributed by atoms with Crippen molar-refractivity contribution < 1.29 is 4.79 Å². The number of anilines is 1. The zero-order valence-electron chi connectivity index (χ0n) is 17.0. The van der Waals surface area contributed by atoms with Crippen molar-refractivity contribution >= 4 is 24.0 Å². The van der Waals surface area contributed by atoms with Gasteiger partial charge in [-0.05, 0) is 81.9 Å². The number of rotatable bonds is 6. The standard InChI is InChI=1S/C21H35N3O.ClH/c1-16(24-14-11-17(12-15-24)10-13-22-5)20(25)23-19-8-6-18(7-9-19)21(2,3)4;/h6-9,16-17,22H,10-15H2,1-5H3,(H,23,25);1H. The van der Waals surface area contributed by atoms with Crippen molar-refractivity contribution in [2.24, 2.45) is 5.92 Å². The molecular weight excluding hydrogens is 346 g/mol. The second-order valence-corrected chi connectivity index (χ2v) is 8.36. The lowest BCUT2D eigenvalue weighted by molar-refractivity contribution is -0.121. The second-order valence-electron chi connectivity index (χ2n) is 8.36. The van der Waals surface area contributed by atoms with Crippen molar-refractivity contribution in [3.63, 3.8) is 0 Å². The third kappa shape index (κ3) is 6.57. The first-order chi connectivity index (χ1) is 11.8. The second kappa shape index (κ2) is 10.3. The van der Waals surface area contributed by atoms with Crippen LogP contribution >= 0.6 is 12.4 Å². The number of nitrogens with one attached hydrogen (secondary N) is 2. The van der Waals surface area contributed by atoms with Crippen molar-refractivity contribution in [2.75, 3.05) is 32.0 Å². The summed E-state index contributed by atoms with van der Waals surface area (Å²) >= 11 is 0. The van der Waals surface area contributed by atoms with Crippen LogP contribution in [0.5, 0.6) is 0 Å². The summed E-state index contributed by atoms with van der Waals surface area (Å²) in [6.07, 6.45) is 3.63. The van der Waals surface area contributed by atoms with E-state index >= 15 is 0 Å². The van der Waals surface area contributed by atoms with Gasteiger partial charge in [0.1, 0.15) is 0 Å². The Hall–Kier alpha value is -1.10. The lowest BCUT2D eigenvalue weighted by Crippen LogP contribution is -2.46. The molecule has 0 radical (unpaired) electrons. The molecule has 1 atom stereocenters. The van der Waals surface area contributed by atoms with E-state index in [-0.39, 0.29) is 29.8 Å². The van der Waals surface area contributed by atoms with Crippen LogP contribution in [0.15, 0.2) is 24.3 Å². The molecule has 0 aromatic heterocycles. The summed E-state index contributed by atoms with van der Waals surface area (Å²) in [5.74, 6) is 0.890. The summed E-state index contributed by atoms with van der Waals surface area (Å²) in [6, 6.07) is 8.15. The monoisotopic (exact) mass is 381 g/mol. The number of likely N-dealkylation sites (tertiary alicyclic amines) is 1. The SMILES string of the molecule is CNCCC1CCN(C(C)C(=O)Nc2ccc(C(C)(C)C)cc2)CC1.Cl. The zero-order valence-corrected chi connectivity index (χ0v) is 17.8. The zero-order chi connectivity index (χ0) is 18.4. The number of carbonyl (C=O) groups excluding carboxylic acids is 1. The van der Waals surface area contributed by atoms with Crippen LogP contribution < -0.4 is 10.6 Å². The highest BCUT2D eigenvalue weighted by molar-refractivity contribution is 5.94. The van der Waals surface area contributed by atoms with Gasteiger partial charge in [-0.25, -0.2) is 0 Å². The number of nitrogens with zero attached hydrogens (tertiary/aromatic N) is 1. The van der Waals surface area contributed by atoms with Crippen LogP contribution in [-0.2, 0) is 10.2 Å². The van der Waals surface area contributed by atoms with Crippen molar-refractivity contribution in [1.29, 1.82) is 0 Å². The Morgan fingerprint density at radius 1 is 1.19 bits per heavy atom. The minimum Gasteiger partial charge on any atom is -0.325 e. The number of carbonyl (C=O) groups is 1. The molecule has 4 nitrogen and oxygen atoms in total. The number of piperidine rings is 1. The predicted octanol–water partition coefficient (Wildman–Crippen LogP) is 4.05. The lowest BCUT2D eigenvalue weighted by atomic mass is 9.87. The van der Waals surface area contributed by atoms with Gasteiger partial charge in [-0.2, -0.15) is 0 Å². The lowest BCUT2D eigenvalue weighted by Gasteiger charge is -2.35. The molecule has 0 spiro atoms. The molecule has 5 heteroatoms. The number of hydrogen-bond donors (Lipinski definition) is 2. The van der Waals surface area contributed by atoms with E-state index in [1.165, 1.54) is 24.8 Å². The molecule has 1 fully saturated rings. The maximum Gasteiger partial charge on any atom is 0.241 e.